The lowest BCUT2D eigenvalue weighted by atomic mass is 9.65. The number of rotatable bonds is 5. The van der Waals surface area contributed by atoms with Gasteiger partial charge in [-0.25, -0.2) is 0 Å². The molecule has 2 nitrogen and oxygen atoms in total. The second-order valence-electron chi connectivity index (χ2n) is 6.86. The number of hydrogen-bond donors (Lipinski definition) is 1. The van der Waals surface area contributed by atoms with Crippen LogP contribution in [0.5, 0.6) is 0 Å². The SMILES string of the molecule is CC(C)CNCC1(C2CCCCC2)CCOC1C. The van der Waals surface area contributed by atoms with Gasteiger partial charge in [0.05, 0.1) is 6.10 Å². The molecule has 0 aromatic heterocycles. The average Bonchev–Trinajstić information content (AvgIpc) is 2.73. The molecule has 0 bridgehead atoms. The molecule has 2 heteroatoms. The molecule has 1 saturated carbocycles. The van der Waals surface area contributed by atoms with Gasteiger partial charge in [0, 0.05) is 18.6 Å². The summed E-state index contributed by atoms with van der Waals surface area (Å²) in [6.45, 7) is 10.2. The molecule has 0 aromatic rings. The molecule has 1 aliphatic carbocycles. The molecular weight excluding hydrogens is 222 g/mol. The molecule has 1 saturated heterocycles. The monoisotopic (exact) mass is 253 g/mol. The van der Waals surface area contributed by atoms with Crippen LogP contribution in [0.3, 0.4) is 0 Å². The highest BCUT2D eigenvalue weighted by molar-refractivity contribution is 4.97. The molecule has 2 unspecified atom stereocenters. The number of nitrogens with one attached hydrogen (secondary N) is 1. The molecule has 0 amide bonds. The molecule has 2 aliphatic rings. The predicted molar refractivity (Wildman–Crippen MR) is 76.7 cm³/mol. The van der Waals surface area contributed by atoms with Crippen LogP contribution in [0.1, 0.15) is 59.3 Å². The maximum atomic E-state index is 5.94. The van der Waals surface area contributed by atoms with Crippen molar-refractivity contribution in [2.45, 2.75) is 65.4 Å². The average molecular weight is 253 g/mol. The fourth-order valence-electron chi connectivity index (χ4n) is 3.98. The highest BCUT2D eigenvalue weighted by atomic mass is 16.5. The third-order valence-electron chi connectivity index (χ3n) is 5.17. The predicted octanol–water partition coefficient (Wildman–Crippen LogP) is 3.61. The van der Waals surface area contributed by atoms with E-state index in [-0.39, 0.29) is 0 Å². The second-order valence-corrected chi connectivity index (χ2v) is 6.86. The van der Waals surface area contributed by atoms with Crippen LogP contribution in [-0.2, 0) is 4.74 Å². The van der Waals surface area contributed by atoms with Crippen LogP contribution in [0.25, 0.3) is 0 Å². The summed E-state index contributed by atoms with van der Waals surface area (Å²) in [6, 6.07) is 0. The van der Waals surface area contributed by atoms with E-state index < -0.39 is 0 Å². The standard InChI is InChI=1S/C16H31NO/c1-13(2)11-17-12-16(9-10-18-14(16)3)15-7-5-4-6-8-15/h13-15,17H,4-12H2,1-3H3. The van der Waals surface area contributed by atoms with Gasteiger partial charge in [-0.05, 0) is 44.6 Å². The minimum atomic E-state index is 0.426. The Morgan fingerprint density at radius 1 is 1.22 bits per heavy atom. The molecule has 2 atom stereocenters. The highest BCUT2D eigenvalue weighted by Crippen LogP contribution is 2.47. The van der Waals surface area contributed by atoms with E-state index >= 15 is 0 Å². The van der Waals surface area contributed by atoms with Gasteiger partial charge in [-0.3, -0.25) is 0 Å². The Balaban J connectivity index is 1.98. The van der Waals surface area contributed by atoms with Crippen LogP contribution in [0, 0.1) is 17.3 Å². The first-order valence-electron chi connectivity index (χ1n) is 7.97. The van der Waals surface area contributed by atoms with Crippen LogP contribution < -0.4 is 5.32 Å². The van der Waals surface area contributed by atoms with E-state index in [1.807, 2.05) is 0 Å². The fourth-order valence-corrected chi connectivity index (χ4v) is 3.98. The molecule has 0 spiro atoms. The first-order chi connectivity index (χ1) is 8.65. The zero-order chi connectivity index (χ0) is 13.0. The maximum Gasteiger partial charge on any atom is 0.0618 e. The molecule has 0 radical (unpaired) electrons. The summed E-state index contributed by atoms with van der Waals surface area (Å²) in [4.78, 5) is 0. The molecule has 106 valence electrons. The Hall–Kier alpha value is -0.0800. The van der Waals surface area contributed by atoms with Gasteiger partial charge in [-0.1, -0.05) is 33.1 Å². The normalized spacial score (nSPS) is 34.3. The van der Waals surface area contributed by atoms with E-state index in [4.69, 9.17) is 4.74 Å². The molecule has 1 heterocycles. The van der Waals surface area contributed by atoms with Crippen LogP contribution in [-0.4, -0.2) is 25.8 Å². The number of hydrogen-bond acceptors (Lipinski definition) is 2. The fraction of sp³-hybridized carbons (Fsp3) is 1.00. The van der Waals surface area contributed by atoms with E-state index in [1.165, 1.54) is 38.5 Å². The molecular formula is C16H31NO. The van der Waals surface area contributed by atoms with Crippen molar-refractivity contribution in [2.75, 3.05) is 19.7 Å². The molecule has 18 heavy (non-hydrogen) atoms. The Labute approximate surface area is 113 Å². The van der Waals surface area contributed by atoms with Crippen LogP contribution in [0.15, 0.2) is 0 Å². The third-order valence-corrected chi connectivity index (χ3v) is 5.17. The van der Waals surface area contributed by atoms with Crippen molar-refractivity contribution in [1.82, 2.24) is 5.32 Å². The minimum absolute atomic E-state index is 0.426. The van der Waals surface area contributed by atoms with Crippen molar-refractivity contribution in [1.29, 1.82) is 0 Å². The second kappa shape index (κ2) is 6.38. The van der Waals surface area contributed by atoms with Gasteiger partial charge in [0.15, 0.2) is 0 Å². The maximum absolute atomic E-state index is 5.94. The molecule has 1 aliphatic heterocycles. The lowest BCUT2D eigenvalue weighted by Crippen LogP contribution is -2.46. The van der Waals surface area contributed by atoms with Gasteiger partial charge in [-0.2, -0.15) is 0 Å². The minimum Gasteiger partial charge on any atom is -0.378 e. The summed E-state index contributed by atoms with van der Waals surface area (Å²) >= 11 is 0. The van der Waals surface area contributed by atoms with Crippen molar-refractivity contribution in [3.8, 4) is 0 Å². The van der Waals surface area contributed by atoms with Gasteiger partial charge in [0.1, 0.15) is 0 Å². The molecule has 2 fully saturated rings. The Kier molecular flexibility index (Phi) is 5.08. The van der Waals surface area contributed by atoms with Crippen LogP contribution in [0.4, 0.5) is 0 Å². The summed E-state index contributed by atoms with van der Waals surface area (Å²) in [5.74, 6) is 1.63. The van der Waals surface area contributed by atoms with E-state index in [1.54, 1.807) is 0 Å². The summed E-state index contributed by atoms with van der Waals surface area (Å²) in [7, 11) is 0. The van der Waals surface area contributed by atoms with Crippen molar-refractivity contribution >= 4 is 0 Å². The zero-order valence-electron chi connectivity index (χ0n) is 12.5. The van der Waals surface area contributed by atoms with Gasteiger partial charge >= 0.3 is 0 Å². The van der Waals surface area contributed by atoms with E-state index in [9.17, 15) is 0 Å². The molecule has 1 N–H and O–H groups in total. The summed E-state index contributed by atoms with van der Waals surface area (Å²) in [5.41, 5.74) is 0.426. The van der Waals surface area contributed by atoms with Gasteiger partial charge in [-0.15, -0.1) is 0 Å². The molecule has 0 aromatic carbocycles. The van der Waals surface area contributed by atoms with E-state index in [0.29, 0.717) is 11.5 Å². The van der Waals surface area contributed by atoms with Crippen LogP contribution in [0.2, 0.25) is 0 Å². The smallest absolute Gasteiger partial charge is 0.0618 e. The topological polar surface area (TPSA) is 21.3 Å². The van der Waals surface area contributed by atoms with Crippen LogP contribution >= 0.6 is 0 Å². The first-order valence-corrected chi connectivity index (χ1v) is 7.97. The largest absolute Gasteiger partial charge is 0.378 e. The summed E-state index contributed by atoms with van der Waals surface area (Å²) in [5, 5.41) is 3.72. The summed E-state index contributed by atoms with van der Waals surface area (Å²) < 4.78 is 5.94. The molecule has 2 rings (SSSR count). The van der Waals surface area contributed by atoms with Crippen molar-refractivity contribution in [3.05, 3.63) is 0 Å². The Morgan fingerprint density at radius 2 is 1.94 bits per heavy atom. The van der Waals surface area contributed by atoms with Gasteiger partial charge < -0.3 is 10.1 Å². The quantitative estimate of drug-likeness (QED) is 0.808. The van der Waals surface area contributed by atoms with Gasteiger partial charge in [0.25, 0.3) is 0 Å². The van der Waals surface area contributed by atoms with Crippen molar-refractivity contribution in [3.63, 3.8) is 0 Å². The number of ether oxygens (including phenoxy) is 1. The van der Waals surface area contributed by atoms with E-state index in [0.717, 1.165) is 31.5 Å². The summed E-state index contributed by atoms with van der Waals surface area (Å²) in [6.07, 6.45) is 8.88. The lowest BCUT2D eigenvalue weighted by molar-refractivity contribution is 0.0146. The zero-order valence-corrected chi connectivity index (χ0v) is 12.5. The van der Waals surface area contributed by atoms with E-state index in [2.05, 4.69) is 26.1 Å². The van der Waals surface area contributed by atoms with Crippen molar-refractivity contribution < 1.29 is 4.74 Å². The Morgan fingerprint density at radius 3 is 2.50 bits per heavy atom. The van der Waals surface area contributed by atoms with Gasteiger partial charge in [0.2, 0.25) is 0 Å². The Bertz CT molecular complexity index is 247. The first kappa shape index (κ1) is 14.3. The highest BCUT2D eigenvalue weighted by Gasteiger charge is 2.47. The third kappa shape index (κ3) is 3.08. The van der Waals surface area contributed by atoms with Crippen molar-refractivity contribution in [2.24, 2.45) is 17.3 Å². The lowest BCUT2D eigenvalue weighted by Gasteiger charge is -2.42.